The van der Waals surface area contributed by atoms with Gasteiger partial charge in [-0.1, -0.05) is 117 Å². The number of alkyl halides is 3. The van der Waals surface area contributed by atoms with Gasteiger partial charge in [-0.05, 0) is 73.5 Å². The number of aliphatic hydroxyl groups is 1. The van der Waals surface area contributed by atoms with Crippen LogP contribution in [0.1, 0.15) is 144 Å². The van der Waals surface area contributed by atoms with Crippen molar-refractivity contribution in [3.05, 3.63) is 54.1 Å². The first-order valence-electron chi connectivity index (χ1n) is 21.9. The number of ether oxygens (including phenoxy) is 4. The molecule has 330 valence electrons. The first kappa shape index (κ1) is 50.8. The van der Waals surface area contributed by atoms with Gasteiger partial charge in [0, 0.05) is 38.0 Å². The highest BCUT2D eigenvalue weighted by molar-refractivity contribution is 5.70. The third kappa shape index (κ3) is 17.1. The van der Waals surface area contributed by atoms with Crippen LogP contribution in [0.15, 0.2) is 48.6 Å². The number of carbonyl (C=O) groups is 3. The molecule has 1 fully saturated rings. The van der Waals surface area contributed by atoms with Crippen molar-refractivity contribution in [3.63, 3.8) is 0 Å². The molecule has 0 amide bonds. The van der Waals surface area contributed by atoms with E-state index in [9.17, 15) is 32.7 Å². The van der Waals surface area contributed by atoms with Crippen LogP contribution in [0.2, 0.25) is 0 Å². The molecule has 8 nitrogen and oxygen atoms in total. The summed E-state index contributed by atoms with van der Waals surface area (Å²) in [7, 11) is 1.35. The van der Waals surface area contributed by atoms with Crippen LogP contribution < -0.4 is 4.74 Å². The molecule has 0 aliphatic heterocycles. The molecule has 0 bridgehead atoms. The predicted octanol–water partition coefficient (Wildman–Crippen LogP) is 11.5. The van der Waals surface area contributed by atoms with Gasteiger partial charge in [0.15, 0.2) is 0 Å². The number of allylic oxidation sites excluding steroid dienone is 2. The minimum absolute atomic E-state index is 0.0320. The number of halogens is 3. The lowest BCUT2D eigenvalue weighted by Crippen LogP contribution is -2.31. The summed E-state index contributed by atoms with van der Waals surface area (Å²) in [4.78, 5) is 37.2. The number of carbonyl (C=O) groups excluding carboxylic acids is 3. The topological polar surface area (TPSA) is 108 Å². The molecule has 0 aromatic heterocycles. The van der Waals surface area contributed by atoms with Crippen LogP contribution in [0.5, 0.6) is 5.75 Å². The average Bonchev–Trinajstić information content (AvgIpc) is 3.50. The van der Waals surface area contributed by atoms with Crippen molar-refractivity contribution >= 4 is 17.9 Å². The summed E-state index contributed by atoms with van der Waals surface area (Å²) in [6, 6.07) is 4.44. The van der Waals surface area contributed by atoms with Crippen LogP contribution in [0, 0.1) is 41.4 Å². The normalized spacial score (nSPS) is 21.7. The molecule has 1 aliphatic carbocycles. The van der Waals surface area contributed by atoms with Crippen molar-refractivity contribution in [1.29, 1.82) is 0 Å². The van der Waals surface area contributed by atoms with Crippen molar-refractivity contribution in [2.24, 2.45) is 41.4 Å². The molecule has 1 aliphatic rings. The third-order valence-electron chi connectivity index (χ3n) is 12.4. The summed E-state index contributed by atoms with van der Waals surface area (Å²) >= 11 is 0. The lowest BCUT2D eigenvalue weighted by Gasteiger charge is -2.39. The minimum atomic E-state index is -4.53. The highest BCUT2D eigenvalue weighted by Gasteiger charge is 2.45. The Kier molecular flexibility index (Phi) is 23.4. The van der Waals surface area contributed by atoms with Gasteiger partial charge in [-0.15, -0.1) is 0 Å². The number of hydrogen-bond donors (Lipinski definition) is 1. The number of hydrogen-bond acceptors (Lipinski definition) is 8. The van der Waals surface area contributed by atoms with Crippen molar-refractivity contribution in [3.8, 4) is 5.75 Å². The van der Waals surface area contributed by atoms with Crippen LogP contribution in [-0.4, -0.2) is 55.0 Å². The van der Waals surface area contributed by atoms with Crippen LogP contribution in [0.4, 0.5) is 13.2 Å². The molecule has 10 atom stereocenters. The van der Waals surface area contributed by atoms with Crippen LogP contribution in [0.25, 0.3) is 0 Å². The zero-order valence-corrected chi connectivity index (χ0v) is 36.4. The molecule has 0 radical (unpaired) electrons. The van der Waals surface area contributed by atoms with Gasteiger partial charge < -0.3 is 24.1 Å². The molecule has 2 rings (SSSR count). The Labute approximate surface area is 346 Å². The lowest BCUT2D eigenvalue weighted by atomic mass is 9.66. The monoisotopic (exact) mass is 823 g/mol. The maximum atomic E-state index is 13.4. The highest BCUT2D eigenvalue weighted by atomic mass is 19.4. The molecule has 1 aromatic carbocycles. The zero-order valence-electron chi connectivity index (χ0n) is 36.4. The quantitative estimate of drug-likeness (QED) is 0.0404. The number of esters is 3. The Morgan fingerprint density at radius 1 is 0.862 bits per heavy atom. The van der Waals surface area contributed by atoms with Crippen LogP contribution in [0.3, 0.4) is 0 Å². The molecule has 0 spiro atoms. The summed E-state index contributed by atoms with van der Waals surface area (Å²) < 4.78 is 61.6. The van der Waals surface area contributed by atoms with E-state index >= 15 is 0 Å². The molecule has 0 saturated heterocycles. The Morgan fingerprint density at radius 3 is 2.16 bits per heavy atom. The Hall–Kier alpha value is -3.34. The molecule has 5 unspecified atom stereocenters. The number of aliphatic hydroxyl groups excluding tert-OH is 1. The maximum Gasteiger partial charge on any atom is 0.416 e. The van der Waals surface area contributed by atoms with E-state index in [0.717, 1.165) is 44.2 Å². The Bertz CT molecular complexity index is 1410. The first-order chi connectivity index (χ1) is 27.6. The smallest absolute Gasteiger partial charge is 0.416 e. The summed E-state index contributed by atoms with van der Waals surface area (Å²) in [6.07, 6.45) is 11.4. The van der Waals surface area contributed by atoms with Crippen LogP contribution >= 0.6 is 0 Å². The standard InChI is InChI=1S/C47H73F3O8/c1-9-32(6)38(11-3)40(13-5)39(12-4)34(10-2)21-18-19-26-46(54)58-44-30-43(57-33(7)51)42(41(44)24-16-14-15-17-25-45(53)55-8)28-27-36(52)31-56-37-23-20-22-35(29-37)47(48,49)50/h14,16,20,22-23,27-29,32,34,36,38-44,52H,9-13,15,17-19,21,24-26,30-31H2,1-8H3/b16-14-,28-27+/t32?,34?,36-,38?,39?,40?,41-,42-,43-,44+/m1/s1. The van der Waals surface area contributed by atoms with Crippen molar-refractivity contribution in [2.75, 3.05) is 13.7 Å². The molecular weight excluding hydrogens is 750 g/mol. The van der Waals surface area contributed by atoms with Gasteiger partial charge in [0.25, 0.3) is 0 Å². The molecule has 1 aromatic rings. The Balaban J connectivity index is 2.17. The number of methoxy groups -OCH3 is 1. The minimum Gasteiger partial charge on any atom is -0.491 e. The molecule has 58 heavy (non-hydrogen) atoms. The predicted molar refractivity (Wildman–Crippen MR) is 222 cm³/mol. The molecular formula is C47H73F3O8. The van der Waals surface area contributed by atoms with E-state index < -0.39 is 41.9 Å². The molecule has 11 heteroatoms. The van der Waals surface area contributed by atoms with Crippen molar-refractivity contribution < 1.29 is 51.6 Å². The second-order valence-corrected chi connectivity index (χ2v) is 16.1. The van der Waals surface area contributed by atoms with Crippen LogP contribution in [-0.2, 0) is 34.8 Å². The first-order valence-corrected chi connectivity index (χ1v) is 21.9. The third-order valence-corrected chi connectivity index (χ3v) is 12.4. The van der Waals surface area contributed by atoms with Gasteiger partial charge in [0.2, 0.25) is 0 Å². The number of rotatable bonds is 27. The summed E-state index contributed by atoms with van der Waals surface area (Å²) in [5.41, 5.74) is -0.856. The fourth-order valence-corrected chi connectivity index (χ4v) is 9.19. The average molecular weight is 823 g/mol. The van der Waals surface area contributed by atoms with Crippen molar-refractivity contribution in [2.45, 2.75) is 163 Å². The van der Waals surface area contributed by atoms with Gasteiger partial charge in [-0.3, -0.25) is 14.4 Å². The second-order valence-electron chi connectivity index (χ2n) is 16.1. The molecule has 1 saturated carbocycles. The van der Waals surface area contributed by atoms with Crippen molar-refractivity contribution in [1.82, 2.24) is 0 Å². The van der Waals surface area contributed by atoms with E-state index in [2.05, 4.69) is 41.5 Å². The molecule has 1 N–H and O–H groups in total. The van der Waals surface area contributed by atoms with E-state index in [0.29, 0.717) is 55.3 Å². The van der Waals surface area contributed by atoms with E-state index in [1.54, 1.807) is 6.08 Å². The largest absolute Gasteiger partial charge is 0.491 e. The maximum absolute atomic E-state index is 13.4. The van der Waals surface area contributed by atoms with Gasteiger partial charge >= 0.3 is 24.1 Å². The summed E-state index contributed by atoms with van der Waals surface area (Å²) in [6.45, 7) is 15.0. The van der Waals surface area contributed by atoms with Gasteiger partial charge in [-0.25, -0.2) is 0 Å². The summed E-state index contributed by atoms with van der Waals surface area (Å²) in [5.74, 6) is 1.53. The van der Waals surface area contributed by atoms with E-state index in [4.69, 9.17) is 18.9 Å². The second kappa shape index (κ2) is 26.7. The summed E-state index contributed by atoms with van der Waals surface area (Å²) in [5, 5.41) is 10.8. The fourth-order valence-electron chi connectivity index (χ4n) is 9.19. The zero-order chi connectivity index (χ0) is 43.3. The SMILES string of the molecule is CCC(C)C(CC)C(CC)C(CC)C(CC)CCCCC(=O)O[C@H]1C[C@@H](OC(C)=O)[C@H](/C=C/[C@@H](O)COc2cccc(C(F)(F)F)c2)[C@H]1C/C=C\CCCC(=O)OC. The lowest BCUT2D eigenvalue weighted by molar-refractivity contribution is -0.151. The van der Waals surface area contributed by atoms with Gasteiger partial charge in [0.05, 0.1) is 12.7 Å². The fraction of sp³-hybridized carbons (Fsp3) is 0.723. The Morgan fingerprint density at radius 2 is 1.55 bits per heavy atom. The van der Waals surface area contributed by atoms with Gasteiger partial charge in [0.1, 0.15) is 30.7 Å². The van der Waals surface area contributed by atoms with E-state index in [1.807, 2.05) is 12.2 Å². The number of benzene rings is 1. The highest BCUT2D eigenvalue weighted by Crippen LogP contribution is 2.43. The molecule has 0 heterocycles. The van der Waals surface area contributed by atoms with E-state index in [1.165, 1.54) is 51.5 Å². The van der Waals surface area contributed by atoms with Gasteiger partial charge in [-0.2, -0.15) is 13.2 Å². The van der Waals surface area contributed by atoms with E-state index in [-0.39, 0.29) is 43.1 Å². The number of unbranched alkanes of at least 4 members (excludes halogenated alkanes) is 2.